The topological polar surface area (TPSA) is 9.34 Å². The predicted octanol–water partition coefficient (Wildman–Crippen LogP) is 10.7. The fourth-order valence-electron chi connectivity index (χ4n) is 10.2. The zero-order valence-corrected chi connectivity index (χ0v) is 27.3. The average molecular weight is 631 g/mol. The van der Waals surface area contributed by atoms with E-state index in [-0.39, 0.29) is 6.85 Å². The molecule has 0 aliphatic carbocycles. The van der Waals surface area contributed by atoms with Crippen LogP contribution in [0.2, 0.25) is 0 Å². The standard InChI is InChI=1S/C47H27BN2/c1-26-21-35-33-17-10-18-34-42-32-16-9-8-15-29(32)19-20-40(42)50(45(33)34)48-39-25-31(28-13-6-3-7-14-28)23-37-36-22-30(27-11-4-2-5-12-27)24-38-41(26)47(43(35)48)49(44(36)38)46(37)39/h2-25H,1H3. The molecule has 0 bridgehead atoms. The number of nitrogens with zero attached hydrogens (tertiary/aromatic N) is 2. The zero-order chi connectivity index (χ0) is 32.4. The van der Waals surface area contributed by atoms with Crippen LogP contribution in [-0.4, -0.2) is 15.7 Å². The Kier molecular flexibility index (Phi) is 4.43. The molecule has 3 aromatic heterocycles. The van der Waals surface area contributed by atoms with Crippen molar-refractivity contribution in [2.24, 2.45) is 0 Å². The first-order valence-corrected chi connectivity index (χ1v) is 17.6. The summed E-state index contributed by atoms with van der Waals surface area (Å²) in [7, 11) is 0. The first-order valence-electron chi connectivity index (χ1n) is 17.6. The fourth-order valence-corrected chi connectivity index (χ4v) is 10.2. The van der Waals surface area contributed by atoms with Gasteiger partial charge in [-0.1, -0.05) is 121 Å². The van der Waals surface area contributed by atoms with Gasteiger partial charge in [0.25, 0.3) is 0 Å². The molecule has 0 N–H and O–H groups in total. The van der Waals surface area contributed by atoms with Crippen molar-refractivity contribution in [3.8, 4) is 33.4 Å². The van der Waals surface area contributed by atoms with Crippen molar-refractivity contribution in [3.05, 3.63) is 151 Å². The van der Waals surface area contributed by atoms with E-state index in [9.17, 15) is 0 Å². The Morgan fingerprint density at radius 2 is 1.12 bits per heavy atom. The Hall–Kier alpha value is -6.32. The van der Waals surface area contributed by atoms with Gasteiger partial charge >= 0.3 is 6.85 Å². The molecule has 50 heavy (non-hydrogen) atoms. The lowest BCUT2D eigenvalue weighted by molar-refractivity contribution is 1.30. The third kappa shape index (κ3) is 2.85. The summed E-state index contributed by atoms with van der Waals surface area (Å²) in [4.78, 5) is 0. The summed E-state index contributed by atoms with van der Waals surface area (Å²) >= 11 is 0. The number of para-hydroxylation sites is 1. The van der Waals surface area contributed by atoms with E-state index < -0.39 is 0 Å². The summed E-state index contributed by atoms with van der Waals surface area (Å²) in [6.45, 7) is 2.37. The molecule has 228 valence electrons. The quantitative estimate of drug-likeness (QED) is 0.168. The zero-order valence-electron chi connectivity index (χ0n) is 27.3. The number of benzene rings is 8. The lowest BCUT2D eigenvalue weighted by Crippen LogP contribution is -2.54. The summed E-state index contributed by atoms with van der Waals surface area (Å²) in [6, 6.07) is 54.8. The van der Waals surface area contributed by atoms with Crippen LogP contribution in [0.5, 0.6) is 0 Å². The van der Waals surface area contributed by atoms with E-state index in [1.807, 2.05) is 0 Å². The molecule has 8 aromatic carbocycles. The molecule has 0 atom stereocenters. The van der Waals surface area contributed by atoms with Crippen LogP contribution in [-0.2, 0) is 0 Å². The van der Waals surface area contributed by atoms with Crippen LogP contribution in [0.3, 0.4) is 0 Å². The number of aromatic nitrogens is 2. The lowest BCUT2D eigenvalue weighted by Gasteiger charge is -2.32. The van der Waals surface area contributed by atoms with Crippen LogP contribution in [0.15, 0.2) is 146 Å². The smallest absolute Gasteiger partial charge is 0.333 e. The van der Waals surface area contributed by atoms with E-state index in [0.29, 0.717) is 0 Å². The first kappa shape index (κ1) is 25.7. The van der Waals surface area contributed by atoms with Crippen LogP contribution in [0.4, 0.5) is 0 Å². The van der Waals surface area contributed by atoms with Crippen LogP contribution < -0.4 is 10.9 Å². The van der Waals surface area contributed by atoms with E-state index in [1.54, 1.807) is 0 Å². The molecule has 0 spiro atoms. The minimum absolute atomic E-state index is 0.0426. The highest BCUT2D eigenvalue weighted by atomic mass is 15.0. The molecule has 13 rings (SSSR count). The van der Waals surface area contributed by atoms with Gasteiger partial charge in [0.15, 0.2) is 0 Å². The second-order valence-corrected chi connectivity index (χ2v) is 14.5. The van der Waals surface area contributed by atoms with Gasteiger partial charge in [-0.3, -0.25) is 0 Å². The first-order chi connectivity index (χ1) is 24.7. The van der Waals surface area contributed by atoms with Gasteiger partial charge in [-0.15, -0.1) is 0 Å². The highest BCUT2D eigenvalue weighted by molar-refractivity contribution is 6.91. The summed E-state index contributed by atoms with van der Waals surface area (Å²) in [6.07, 6.45) is 0. The van der Waals surface area contributed by atoms with Crippen molar-refractivity contribution in [1.29, 1.82) is 0 Å². The van der Waals surface area contributed by atoms with Gasteiger partial charge in [-0.25, -0.2) is 0 Å². The summed E-state index contributed by atoms with van der Waals surface area (Å²) in [5.41, 5.74) is 18.7. The maximum absolute atomic E-state index is 2.71. The number of hydrogen-bond acceptors (Lipinski definition) is 0. The van der Waals surface area contributed by atoms with Gasteiger partial charge in [0.05, 0.1) is 16.6 Å². The Morgan fingerprint density at radius 3 is 1.92 bits per heavy atom. The van der Waals surface area contributed by atoms with E-state index >= 15 is 0 Å². The molecule has 0 unspecified atom stereocenters. The van der Waals surface area contributed by atoms with Gasteiger partial charge in [0, 0.05) is 48.9 Å². The molecule has 0 amide bonds. The average Bonchev–Trinajstić information content (AvgIpc) is 3.82. The molecule has 2 aliphatic rings. The van der Waals surface area contributed by atoms with Crippen molar-refractivity contribution in [1.82, 2.24) is 8.88 Å². The minimum Gasteiger partial charge on any atom is -0.375 e. The number of fused-ring (bicyclic) bond motifs is 10. The molecule has 2 nitrogen and oxygen atoms in total. The van der Waals surface area contributed by atoms with Crippen LogP contribution in [0.1, 0.15) is 5.56 Å². The van der Waals surface area contributed by atoms with Crippen molar-refractivity contribution in [2.45, 2.75) is 6.92 Å². The Labute approximate surface area is 287 Å². The van der Waals surface area contributed by atoms with Crippen LogP contribution >= 0.6 is 0 Å². The maximum Gasteiger partial charge on any atom is 0.333 e. The summed E-state index contributed by atoms with van der Waals surface area (Å²) in [5, 5.41) is 10.7. The van der Waals surface area contributed by atoms with Crippen LogP contribution in [0.25, 0.3) is 104 Å². The van der Waals surface area contributed by atoms with Crippen molar-refractivity contribution < 1.29 is 0 Å². The normalized spacial score (nSPS) is 13.3. The molecule has 0 radical (unpaired) electrons. The molecule has 3 heteroatoms. The Balaban J connectivity index is 1.29. The molecule has 11 aromatic rings. The van der Waals surface area contributed by atoms with E-state index in [1.165, 1.54) is 121 Å². The molecule has 2 aliphatic heterocycles. The highest BCUT2D eigenvalue weighted by Gasteiger charge is 2.42. The molecule has 0 fully saturated rings. The minimum atomic E-state index is 0.0426. The van der Waals surface area contributed by atoms with E-state index in [0.717, 1.165) is 0 Å². The van der Waals surface area contributed by atoms with E-state index in [4.69, 9.17) is 0 Å². The summed E-state index contributed by atoms with van der Waals surface area (Å²) in [5.74, 6) is 0. The van der Waals surface area contributed by atoms with Gasteiger partial charge in [0.1, 0.15) is 0 Å². The monoisotopic (exact) mass is 630 g/mol. The second kappa shape index (κ2) is 8.63. The van der Waals surface area contributed by atoms with Crippen molar-refractivity contribution >= 4 is 88.4 Å². The lowest BCUT2D eigenvalue weighted by atomic mass is 9.45. The van der Waals surface area contributed by atoms with Crippen molar-refractivity contribution in [2.75, 3.05) is 0 Å². The second-order valence-electron chi connectivity index (χ2n) is 14.5. The molecule has 0 saturated heterocycles. The fraction of sp³-hybridized carbons (Fsp3) is 0.0213. The number of rotatable bonds is 2. The molecule has 0 saturated carbocycles. The number of aryl methyl sites for hydroxylation is 1. The van der Waals surface area contributed by atoms with Gasteiger partial charge < -0.3 is 8.88 Å². The third-order valence-corrected chi connectivity index (χ3v) is 12.1. The Bertz CT molecular complexity index is 3310. The Morgan fingerprint density at radius 1 is 0.440 bits per heavy atom. The SMILES string of the molecule is Cc1cc2c3c4c1c1cc(-c5ccccc5)cc5c6cc(-c7ccccc7)cc(c6n4c51)B3n1c3ccc4ccccc4c3c3cccc-2c31. The summed E-state index contributed by atoms with van der Waals surface area (Å²) < 4.78 is 5.37. The van der Waals surface area contributed by atoms with Crippen LogP contribution in [0, 0.1) is 6.92 Å². The predicted molar refractivity (Wildman–Crippen MR) is 213 cm³/mol. The molecular weight excluding hydrogens is 603 g/mol. The number of hydrogen-bond donors (Lipinski definition) is 0. The largest absolute Gasteiger partial charge is 0.375 e. The van der Waals surface area contributed by atoms with Crippen molar-refractivity contribution in [3.63, 3.8) is 0 Å². The van der Waals surface area contributed by atoms with E-state index in [2.05, 4.69) is 161 Å². The molecular formula is C47H27BN2. The van der Waals surface area contributed by atoms with Gasteiger partial charge in [0.2, 0.25) is 0 Å². The third-order valence-electron chi connectivity index (χ3n) is 12.1. The van der Waals surface area contributed by atoms with Gasteiger partial charge in [-0.05, 0) is 86.3 Å². The highest BCUT2D eigenvalue weighted by Crippen LogP contribution is 2.49. The molecule has 5 heterocycles. The maximum atomic E-state index is 2.71. The van der Waals surface area contributed by atoms with Gasteiger partial charge in [-0.2, -0.15) is 0 Å².